The second kappa shape index (κ2) is 8.06. The van der Waals surface area contributed by atoms with Crippen LogP contribution in [0.4, 0.5) is 32.0 Å². The highest BCUT2D eigenvalue weighted by molar-refractivity contribution is 6.32. The number of hydrazone groups is 1. The van der Waals surface area contributed by atoms with Gasteiger partial charge < -0.3 is 4.74 Å². The lowest BCUT2D eigenvalue weighted by Gasteiger charge is -2.13. The van der Waals surface area contributed by atoms with Crippen LogP contribution in [0, 0.1) is 40.1 Å². The molecule has 0 aliphatic heterocycles. The number of hydrogen-bond donors (Lipinski definition) is 1. The number of hydrogen-bond acceptors (Lipinski definition) is 5. The van der Waals surface area contributed by atoms with Crippen LogP contribution in [0.25, 0.3) is 0 Å². The van der Waals surface area contributed by atoms with Gasteiger partial charge in [-0.05, 0) is 18.2 Å². The van der Waals surface area contributed by atoms with Crippen LogP contribution in [-0.2, 0) is 6.18 Å². The predicted molar refractivity (Wildman–Crippen MR) is 85.1 cm³/mol. The maximum atomic E-state index is 13.9. The minimum Gasteiger partial charge on any atom is -0.450 e. The third kappa shape index (κ3) is 4.64. The lowest BCUT2D eigenvalue weighted by Crippen LogP contribution is -2.07. The Morgan fingerprint density at radius 2 is 1.57 bits per heavy atom. The van der Waals surface area contributed by atoms with Crippen molar-refractivity contribution in [1.29, 1.82) is 10.5 Å². The van der Waals surface area contributed by atoms with Crippen LogP contribution in [-0.4, -0.2) is 5.71 Å². The summed E-state index contributed by atoms with van der Waals surface area (Å²) in [6, 6.07) is 4.27. The van der Waals surface area contributed by atoms with Crippen molar-refractivity contribution in [2.24, 2.45) is 5.10 Å². The summed E-state index contributed by atoms with van der Waals surface area (Å²) >= 11 is 5.72. The fourth-order valence-electron chi connectivity index (χ4n) is 1.82. The molecular weight excluding hydrogens is 414 g/mol. The number of rotatable bonds is 4. The number of benzene rings is 2. The van der Waals surface area contributed by atoms with Gasteiger partial charge in [0.15, 0.2) is 17.4 Å². The number of nitrogens with zero attached hydrogens (tertiary/aromatic N) is 3. The molecule has 0 spiro atoms. The van der Waals surface area contributed by atoms with Crippen LogP contribution in [0.5, 0.6) is 11.5 Å². The van der Waals surface area contributed by atoms with E-state index in [4.69, 9.17) is 26.9 Å². The van der Waals surface area contributed by atoms with Crippen molar-refractivity contribution >= 4 is 23.0 Å². The summed E-state index contributed by atoms with van der Waals surface area (Å²) in [5, 5.41) is 19.9. The Morgan fingerprint density at radius 1 is 1.00 bits per heavy atom. The van der Waals surface area contributed by atoms with E-state index in [0.29, 0.717) is 6.07 Å². The number of anilines is 1. The van der Waals surface area contributed by atoms with Crippen molar-refractivity contribution < 1.29 is 31.1 Å². The highest BCUT2D eigenvalue weighted by Gasteiger charge is 2.33. The van der Waals surface area contributed by atoms with E-state index in [2.05, 4.69) is 5.10 Å². The first-order valence-electron chi connectivity index (χ1n) is 6.93. The molecule has 2 aromatic carbocycles. The Balaban J connectivity index is 2.42. The topological polar surface area (TPSA) is 81.2 Å². The zero-order valence-electron chi connectivity index (χ0n) is 13.2. The molecule has 5 nitrogen and oxygen atoms in total. The fraction of sp³-hybridized carbons (Fsp3) is 0.0625. The van der Waals surface area contributed by atoms with Crippen molar-refractivity contribution in [3.63, 3.8) is 0 Å². The molecule has 0 amide bonds. The van der Waals surface area contributed by atoms with Gasteiger partial charge in [-0.2, -0.15) is 28.8 Å². The van der Waals surface area contributed by atoms with Crippen molar-refractivity contribution in [2.75, 3.05) is 5.43 Å². The van der Waals surface area contributed by atoms with E-state index in [1.54, 1.807) is 0 Å². The zero-order valence-corrected chi connectivity index (χ0v) is 14.0. The SMILES string of the molecule is N#CC(C#N)=NNc1cc(Oc2c(F)cc(C(F)(F)F)cc2F)c(Cl)cc1F. The molecule has 2 aromatic rings. The minimum atomic E-state index is -4.98. The molecule has 144 valence electrons. The van der Waals surface area contributed by atoms with Gasteiger partial charge in [-0.15, -0.1) is 0 Å². The van der Waals surface area contributed by atoms with Crippen LogP contribution < -0.4 is 10.2 Å². The van der Waals surface area contributed by atoms with E-state index in [1.165, 1.54) is 12.1 Å². The van der Waals surface area contributed by atoms with E-state index in [9.17, 15) is 26.3 Å². The lowest BCUT2D eigenvalue weighted by molar-refractivity contribution is -0.138. The van der Waals surface area contributed by atoms with Gasteiger partial charge in [-0.3, -0.25) is 5.43 Å². The zero-order chi connectivity index (χ0) is 21.1. The van der Waals surface area contributed by atoms with Gasteiger partial charge in [0.05, 0.1) is 16.3 Å². The van der Waals surface area contributed by atoms with Crippen LogP contribution >= 0.6 is 11.6 Å². The summed E-state index contributed by atoms with van der Waals surface area (Å²) in [5.74, 6) is -6.10. The fourth-order valence-corrected chi connectivity index (χ4v) is 2.00. The largest absolute Gasteiger partial charge is 0.450 e. The Bertz CT molecular complexity index is 1000. The first-order valence-corrected chi connectivity index (χ1v) is 7.31. The minimum absolute atomic E-state index is 0.0193. The number of nitriles is 2. The normalized spacial score (nSPS) is 10.6. The molecule has 0 heterocycles. The number of halogens is 7. The summed E-state index contributed by atoms with van der Waals surface area (Å²) in [7, 11) is 0. The van der Waals surface area contributed by atoms with Gasteiger partial charge in [0.2, 0.25) is 5.71 Å². The van der Waals surface area contributed by atoms with E-state index in [0.717, 1.165) is 6.07 Å². The molecule has 0 aliphatic rings. The Labute approximate surface area is 158 Å². The maximum Gasteiger partial charge on any atom is 0.416 e. The molecule has 0 aliphatic carbocycles. The molecule has 0 saturated heterocycles. The molecule has 0 bridgehead atoms. The predicted octanol–water partition coefficient (Wildman–Crippen LogP) is 5.38. The molecule has 2 rings (SSSR count). The third-order valence-corrected chi connectivity index (χ3v) is 3.35. The first-order chi connectivity index (χ1) is 13.1. The van der Waals surface area contributed by atoms with Crippen molar-refractivity contribution in [3.05, 3.63) is 52.3 Å². The summed E-state index contributed by atoms with van der Waals surface area (Å²) < 4.78 is 84.2. The third-order valence-electron chi connectivity index (χ3n) is 3.06. The molecule has 1 N–H and O–H groups in total. The number of nitrogens with one attached hydrogen (secondary N) is 1. The van der Waals surface area contributed by atoms with Crippen molar-refractivity contribution in [1.82, 2.24) is 0 Å². The quantitative estimate of drug-likeness (QED) is 0.410. The van der Waals surface area contributed by atoms with E-state index >= 15 is 0 Å². The van der Waals surface area contributed by atoms with E-state index in [-0.39, 0.29) is 12.1 Å². The molecule has 0 saturated carbocycles. The average molecular weight is 419 g/mol. The molecule has 12 heteroatoms. The molecule has 0 radical (unpaired) electrons. The van der Waals surface area contributed by atoms with Crippen molar-refractivity contribution in [3.8, 4) is 23.6 Å². The van der Waals surface area contributed by atoms with Crippen molar-refractivity contribution in [2.45, 2.75) is 6.18 Å². The molecule has 0 atom stereocenters. The maximum absolute atomic E-state index is 13.9. The second-order valence-electron chi connectivity index (χ2n) is 4.93. The highest BCUT2D eigenvalue weighted by atomic mass is 35.5. The number of alkyl halides is 3. The van der Waals surface area contributed by atoms with Crippen LogP contribution in [0.1, 0.15) is 5.56 Å². The van der Waals surface area contributed by atoms with E-state index in [1.807, 2.05) is 5.43 Å². The van der Waals surface area contributed by atoms with Crippen LogP contribution in [0.15, 0.2) is 29.4 Å². The van der Waals surface area contributed by atoms with Gasteiger partial charge in [0, 0.05) is 6.07 Å². The first kappa shape index (κ1) is 20.9. The Kier molecular flexibility index (Phi) is 6.01. The van der Waals surface area contributed by atoms with Crippen LogP contribution in [0.3, 0.4) is 0 Å². The van der Waals surface area contributed by atoms with Gasteiger partial charge in [0.25, 0.3) is 0 Å². The summed E-state index contributed by atoms with van der Waals surface area (Å²) in [5.41, 5.74) is -0.699. The monoisotopic (exact) mass is 418 g/mol. The van der Waals surface area contributed by atoms with Gasteiger partial charge >= 0.3 is 6.18 Å². The smallest absolute Gasteiger partial charge is 0.416 e. The summed E-state index contributed by atoms with van der Waals surface area (Å²) in [6.07, 6.45) is -4.98. The highest BCUT2D eigenvalue weighted by Crippen LogP contribution is 2.38. The molecular formula is C16H5ClF6N4O. The van der Waals surface area contributed by atoms with E-state index < -0.39 is 57.1 Å². The van der Waals surface area contributed by atoms with Crippen LogP contribution in [0.2, 0.25) is 5.02 Å². The Morgan fingerprint density at radius 3 is 2.07 bits per heavy atom. The average Bonchev–Trinajstić information content (AvgIpc) is 2.60. The molecule has 28 heavy (non-hydrogen) atoms. The summed E-state index contributed by atoms with van der Waals surface area (Å²) in [6.45, 7) is 0. The lowest BCUT2D eigenvalue weighted by atomic mass is 10.2. The van der Waals surface area contributed by atoms with Gasteiger partial charge in [-0.1, -0.05) is 11.6 Å². The standard InChI is InChI=1S/C16H5ClF6N4O/c17-9-3-10(18)13(27-26-8(5-24)6-25)4-14(9)28-15-11(19)1-7(2-12(15)20)16(21,22)23/h1-4,27H. The number of ether oxygens (including phenoxy) is 1. The molecule has 0 unspecified atom stereocenters. The molecule has 0 fully saturated rings. The van der Waals surface area contributed by atoms with Gasteiger partial charge in [-0.25, -0.2) is 13.2 Å². The Hall–Kier alpha value is -3.44. The summed E-state index contributed by atoms with van der Waals surface area (Å²) in [4.78, 5) is 0. The van der Waals surface area contributed by atoms with Gasteiger partial charge in [0.1, 0.15) is 23.7 Å². The second-order valence-corrected chi connectivity index (χ2v) is 5.33. The molecule has 0 aromatic heterocycles.